The van der Waals surface area contributed by atoms with Crippen molar-refractivity contribution in [3.63, 3.8) is 0 Å². The Labute approximate surface area is 172 Å². The van der Waals surface area contributed by atoms with Gasteiger partial charge in [0.2, 0.25) is 5.91 Å². The minimum absolute atomic E-state index is 0.0158. The van der Waals surface area contributed by atoms with E-state index < -0.39 is 57.7 Å². The number of nitro groups is 1. The molecule has 0 spiro atoms. The Morgan fingerprint density at radius 2 is 1.97 bits per heavy atom. The molecule has 9 nitrogen and oxygen atoms in total. The number of imide groups is 1. The highest BCUT2D eigenvalue weighted by Gasteiger charge is 2.50. The van der Waals surface area contributed by atoms with Crippen molar-refractivity contribution in [3.8, 4) is 0 Å². The smallest absolute Gasteiger partial charge is 0.324 e. The predicted molar refractivity (Wildman–Crippen MR) is 101 cm³/mol. The number of halogens is 3. The molecule has 2 aromatic carbocycles. The normalized spacial score (nSPS) is 18.3. The lowest BCUT2D eigenvalue weighted by atomic mass is 9.91. The highest BCUT2D eigenvalue weighted by atomic mass is 35.5. The van der Waals surface area contributed by atoms with E-state index >= 15 is 0 Å². The van der Waals surface area contributed by atoms with Crippen molar-refractivity contribution in [2.75, 3.05) is 11.9 Å². The number of hydrogen-bond donors (Lipinski definition) is 2. The van der Waals surface area contributed by atoms with Crippen LogP contribution in [0.3, 0.4) is 0 Å². The van der Waals surface area contributed by atoms with Gasteiger partial charge in [0.1, 0.15) is 28.7 Å². The summed E-state index contributed by atoms with van der Waals surface area (Å²) in [5, 5.41) is 15.4. The predicted octanol–water partition coefficient (Wildman–Crippen LogP) is 2.93. The molecule has 0 aromatic heterocycles. The van der Waals surface area contributed by atoms with Crippen LogP contribution in [0.15, 0.2) is 36.4 Å². The lowest BCUT2D eigenvalue weighted by Gasteiger charge is -2.22. The van der Waals surface area contributed by atoms with Crippen LogP contribution < -0.4 is 10.6 Å². The molecule has 30 heavy (non-hydrogen) atoms. The molecule has 3 rings (SSSR count). The van der Waals surface area contributed by atoms with Gasteiger partial charge in [-0.2, -0.15) is 0 Å². The second-order valence-electron chi connectivity index (χ2n) is 6.54. The first-order chi connectivity index (χ1) is 14.0. The van der Waals surface area contributed by atoms with Crippen molar-refractivity contribution >= 4 is 40.8 Å². The summed E-state index contributed by atoms with van der Waals surface area (Å²) < 4.78 is 27.7. The number of hydrogen-bond acceptors (Lipinski definition) is 5. The number of carbonyl (C=O) groups excluding carboxylic acids is 3. The van der Waals surface area contributed by atoms with Gasteiger partial charge in [0.05, 0.1) is 4.92 Å². The monoisotopic (exact) mass is 438 g/mol. The molecule has 1 aliphatic rings. The first kappa shape index (κ1) is 21.1. The van der Waals surface area contributed by atoms with E-state index in [0.717, 1.165) is 24.3 Å². The van der Waals surface area contributed by atoms with E-state index in [1.807, 2.05) is 0 Å². The van der Waals surface area contributed by atoms with Crippen LogP contribution in [0, 0.1) is 21.7 Å². The van der Waals surface area contributed by atoms with Crippen LogP contribution in [0.1, 0.15) is 12.5 Å². The number of nitro benzene ring substituents is 1. The minimum atomic E-state index is -1.91. The van der Waals surface area contributed by atoms with Gasteiger partial charge in [-0.25, -0.2) is 13.6 Å². The van der Waals surface area contributed by atoms with Crippen LogP contribution in [0.4, 0.5) is 25.0 Å². The van der Waals surface area contributed by atoms with Gasteiger partial charge >= 0.3 is 6.03 Å². The summed E-state index contributed by atoms with van der Waals surface area (Å²) >= 11 is 5.70. The molecule has 0 bridgehead atoms. The zero-order valence-electron chi connectivity index (χ0n) is 15.2. The fourth-order valence-corrected chi connectivity index (χ4v) is 3.16. The van der Waals surface area contributed by atoms with Gasteiger partial charge in [-0.1, -0.05) is 11.6 Å². The molecule has 1 atom stereocenters. The summed E-state index contributed by atoms with van der Waals surface area (Å²) in [6.07, 6.45) is 0. The van der Waals surface area contributed by atoms with Crippen molar-refractivity contribution in [1.82, 2.24) is 10.2 Å². The first-order valence-electron chi connectivity index (χ1n) is 8.36. The van der Waals surface area contributed by atoms with E-state index in [-0.39, 0.29) is 10.7 Å². The Morgan fingerprint density at radius 1 is 1.27 bits per heavy atom. The molecule has 0 radical (unpaired) electrons. The van der Waals surface area contributed by atoms with E-state index in [1.54, 1.807) is 0 Å². The Bertz CT molecular complexity index is 1100. The molecule has 12 heteroatoms. The third-order valence-electron chi connectivity index (χ3n) is 4.47. The molecule has 1 unspecified atom stereocenters. The largest absolute Gasteiger partial charge is 0.325 e. The molecule has 156 valence electrons. The Kier molecular flexibility index (Phi) is 5.40. The van der Waals surface area contributed by atoms with Crippen LogP contribution in [-0.4, -0.2) is 34.2 Å². The molecule has 1 saturated heterocycles. The highest BCUT2D eigenvalue weighted by Crippen LogP contribution is 2.31. The minimum Gasteiger partial charge on any atom is -0.324 e. The average Bonchev–Trinajstić information content (AvgIpc) is 2.89. The maximum absolute atomic E-state index is 14.1. The second-order valence-corrected chi connectivity index (χ2v) is 6.95. The van der Waals surface area contributed by atoms with Gasteiger partial charge in [0, 0.05) is 17.3 Å². The molecular weight excluding hydrogens is 426 g/mol. The summed E-state index contributed by atoms with van der Waals surface area (Å²) in [5.74, 6) is -3.53. The Balaban J connectivity index is 1.79. The summed E-state index contributed by atoms with van der Waals surface area (Å²) in [6.45, 7) is 0.430. The standard InChI is InChI=1S/C18H13ClF2N4O5/c1-18(11-6-9(20)2-5-13(11)21)16(27)24(17(28)23-18)8-15(26)22-10-3-4-12(19)14(7-10)25(29)30/h2-7H,8H2,1H3,(H,22,26)(H,23,28). The fourth-order valence-electron chi connectivity index (χ4n) is 2.98. The van der Waals surface area contributed by atoms with Crippen LogP contribution >= 0.6 is 11.6 Å². The number of amides is 4. The Morgan fingerprint density at radius 3 is 2.63 bits per heavy atom. The van der Waals surface area contributed by atoms with Crippen LogP contribution in [0.2, 0.25) is 5.02 Å². The number of benzene rings is 2. The maximum Gasteiger partial charge on any atom is 0.325 e. The fraction of sp³-hybridized carbons (Fsp3) is 0.167. The van der Waals surface area contributed by atoms with Crippen molar-refractivity contribution in [2.24, 2.45) is 0 Å². The van der Waals surface area contributed by atoms with Gasteiger partial charge in [-0.05, 0) is 37.3 Å². The molecule has 4 amide bonds. The van der Waals surface area contributed by atoms with E-state index in [4.69, 9.17) is 11.6 Å². The average molecular weight is 439 g/mol. The van der Waals surface area contributed by atoms with E-state index in [0.29, 0.717) is 4.90 Å². The molecule has 2 aromatic rings. The van der Waals surface area contributed by atoms with Crippen molar-refractivity contribution in [3.05, 3.63) is 68.7 Å². The van der Waals surface area contributed by atoms with Gasteiger partial charge in [-0.3, -0.25) is 24.6 Å². The number of nitrogens with zero attached hydrogens (tertiary/aromatic N) is 2. The van der Waals surface area contributed by atoms with Gasteiger partial charge in [0.15, 0.2) is 0 Å². The highest BCUT2D eigenvalue weighted by molar-refractivity contribution is 6.32. The molecule has 1 fully saturated rings. The number of urea groups is 1. The van der Waals surface area contributed by atoms with E-state index in [1.165, 1.54) is 19.1 Å². The lowest BCUT2D eigenvalue weighted by molar-refractivity contribution is -0.384. The molecule has 0 aliphatic carbocycles. The zero-order chi connectivity index (χ0) is 22.2. The van der Waals surface area contributed by atoms with Gasteiger partial charge < -0.3 is 10.6 Å². The number of nitrogens with one attached hydrogen (secondary N) is 2. The first-order valence-corrected chi connectivity index (χ1v) is 8.74. The van der Waals surface area contributed by atoms with Crippen molar-refractivity contribution < 1.29 is 28.1 Å². The third-order valence-corrected chi connectivity index (χ3v) is 4.79. The summed E-state index contributed by atoms with van der Waals surface area (Å²) in [6, 6.07) is 4.99. The van der Waals surface area contributed by atoms with Crippen molar-refractivity contribution in [1.29, 1.82) is 0 Å². The number of carbonyl (C=O) groups is 3. The quantitative estimate of drug-likeness (QED) is 0.422. The molecule has 0 saturated carbocycles. The topological polar surface area (TPSA) is 122 Å². The van der Waals surface area contributed by atoms with E-state index in [9.17, 15) is 33.3 Å². The lowest BCUT2D eigenvalue weighted by Crippen LogP contribution is -2.42. The van der Waals surface area contributed by atoms with E-state index in [2.05, 4.69) is 10.6 Å². The molecule has 2 N–H and O–H groups in total. The molecular formula is C18H13ClF2N4O5. The summed E-state index contributed by atoms with van der Waals surface area (Å²) in [5.41, 5.74) is -2.74. The van der Waals surface area contributed by atoms with Gasteiger partial charge in [-0.15, -0.1) is 0 Å². The SMILES string of the molecule is CC1(c2cc(F)ccc2F)NC(=O)N(CC(=O)Nc2ccc(Cl)c([N+](=O)[O-])c2)C1=O. The molecule has 1 aliphatic heterocycles. The van der Waals surface area contributed by atoms with Crippen molar-refractivity contribution in [2.45, 2.75) is 12.5 Å². The third kappa shape index (κ3) is 3.79. The maximum atomic E-state index is 14.1. The Hall–Kier alpha value is -3.60. The number of rotatable bonds is 5. The number of anilines is 1. The van der Waals surface area contributed by atoms with Crippen LogP contribution in [0.5, 0.6) is 0 Å². The summed E-state index contributed by atoms with van der Waals surface area (Å²) in [4.78, 5) is 48.0. The molecule has 1 heterocycles. The van der Waals surface area contributed by atoms with Gasteiger partial charge in [0.25, 0.3) is 11.6 Å². The van der Waals surface area contributed by atoms with Crippen LogP contribution in [-0.2, 0) is 15.1 Å². The summed E-state index contributed by atoms with van der Waals surface area (Å²) in [7, 11) is 0. The van der Waals surface area contributed by atoms with Crippen LogP contribution in [0.25, 0.3) is 0 Å². The zero-order valence-corrected chi connectivity index (χ0v) is 16.0. The second kappa shape index (κ2) is 7.67.